The van der Waals surface area contributed by atoms with Crippen molar-refractivity contribution >= 4 is 5.91 Å². The molecular formula is C15H25N3O2. The van der Waals surface area contributed by atoms with E-state index in [1.54, 1.807) is 0 Å². The van der Waals surface area contributed by atoms with Gasteiger partial charge in [-0.15, -0.1) is 0 Å². The number of nitrogens with one attached hydrogen (secondary N) is 1. The van der Waals surface area contributed by atoms with E-state index in [9.17, 15) is 4.79 Å². The molecule has 0 unspecified atom stereocenters. The second-order valence-electron chi connectivity index (χ2n) is 5.66. The van der Waals surface area contributed by atoms with Gasteiger partial charge in [0.15, 0.2) is 0 Å². The SMILES string of the molecule is CCc1c(C)nn(CCNC(=O)[C@]2(C)CCCO2)c1C. The van der Waals surface area contributed by atoms with Crippen LogP contribution in [0.15, 0.2) is 0 Å². The Labute approximate surface area is 120 Å². The lowest BCUT2D eigenvalue weighted by atomic mass is 10.0. The number of aryl methyl sites for hydroxylation is 1. The van der Waals surface area contributed by atoms with Crippen molar-refractivity contribution in [3.8, 4) is 0 Å². The van der Waals surface area contributed by atoms with Gasteiger partial charge in [0.05, 0.1) is 12.2 Å². The maximum absolute atomic E-state index is 12.1. The van der Waals surface area contributed by atoms with Crippen LogP contribution in [0.2, 0.25) is 0 Å². The quantitative estimate of drug-likeness (QED) is 0.893. The van der Waals surface area contributed by atoms with Crippen LogP contribution in [0.25, 0.3) is 0 Å². The highest BCUT2D eigenvalue weighted by Gasteiger charge is 2.37. The van der Waals surface area contributed by atoms with Crippen molar-refractivity contribution in [1.82, 2.24) is 15.1 Å². The summed E-state index contributed by atoms with van der Waals surface area (Å²) < 4.78 is 7.51. The van der Waals surface area contributed by atoms with E-state index in [1.807, 2.05) is 18.5 Å². The highest BCUT2D eigenvalue weighted by Crippen LogP contribution is 2.24. The van der Waals surface area contributed by atoms with Gasteiger partial charge >= 0.3 is 0 Å². The van der Waals surface area contributed by atoms with E-state index in [2.05, 4.69) is 24.3 Å². The molecule has 112 valence electrons. The molecule has 1 aliphatic heterocycles. The number of hydrogen-bond acceptors (Lipinski definition) is 3. The molecule has 1 saturated heterocycles. The molecule has 5 nitrogen and oxygen atoms in total. The number of amides is 1. The summed E-state index contributed by atoms with van der Waals surface area (Å²) in [5, 5.41) is 7.49. The Morgan fingerprint density at radius 2 is 2.25 bits per heavy atom. The van der Waals surface area contributed by atoms with E-state index < -0.39 is 5.60 Å². The van der Waals surface area contributed by atoms with Crippen molar-refractivity contribution in [2.75, 3.05) is 13.2 Å². The minimum absolute atomic E-state index is 0.00718. The molecule has 5 heteroatoms. The standard InChI is InChI=1S/C15H25N3O2/c1-5-13-11(2)17-18(12(13)3)9-8-16-14(19)15(4)7-6-10-20-15/h5-10H2,1-4H3,(H,16,19)/t15-/m0/s1. The Kier molecular flexibility index (Phi) is 4.48. The second kappa shape index (κ2) is 5.95. The van der Waals surface area contributed by atoms with Crippen LogP contribution >= 0.6 is 0 Å². The van der Waals surface area contributed by atoms with Gasteiger partial charge in [-0.05, 0) is 45.6 Å². The summed E-state index contributed by atoms with van der Waals surface area (Å²) >= 11 is 0. The first-order chi connectivity index (χ1) is 9.48. The van der Waals surface area contributed by atoms with Crippen LogP contribution in [0.3, 0.4) is 0 Å². The van der Waals surface area contributed by atoms with Crippen molar-refractivity contribution < 1.29 is 9.53 Å². The highest BCUT2D eigenvalue weighted by atomic mass is 16.5. The van der Waals surface area contributed by atoms with Crippen LogP contribution in [0.1, 0.15) is 43.6 Å². The van der Waals surface area contributed by atoms with Crippen molar-refractivity contribution in [2.24, 2.45) is 0 Å². The van der Waals surface area contributed by atoms with Gasteiger partial charge in [-0.3, -0.25) is 9.48 Å². The number of ether oxygens (including phenoxy) is 1. The summed E-state index contributed by atoms with van der Waals surface area (Å²) in [5.74, 6) is -0.00718. The van der Waals surface area contributed by atoms with Crippen LogP contribution in [0, 0.1) is 13.8 Å². The Morgan fingerprint density at radius 3 is 2.80 bits per heavy atom. The van der Waals surface area contributed by atoms with Crippen molar-refractivity contribution in [3.63, 3.8) is 0 Å². The zero-order valence-electron chi connectivity index (χ0n) is 13.0. The molecule has 1 amide bonds. The normalized spacial score (nSPS) is 22.2. The minimum atomic E-state index is -0.635. The number of rotatable bonds is 5. The minimum Gasteiger partial charge on any atom is -0.365 e. The lowest BCUT2D eigenvalue weighted by Crippen LogP contribution is -2.45. The summed E-state index contributed by atoms with van der Waals surface area (Å²) in [7, 11) is 0. The number of aromatic nitrogens is 2. The van der Waals surface area contributed by atoms with E-state index >= 15 is 0 Å². The van der Waals surface area contributed by atoms with Gasteiger partial charge in [-0.25, -0.2) is 0 Å². The zero-order valence-corrected chi connectivity index (χ0v) is 13.0. The van der Waals surface area contributed by atoms with E-state index in [0.717, 1.165) is 25.0 Å². The molecule has 0 aromatic carbocycles. The molecule has 2 heterocycles. The van der Waals surface area contributed by atoms with Crippen LogP contribution in [-0.4, -0.2) is 34.4 Å². The molecule has 0 spiro atoms. The Balaban J connectivity index is 1.88. The lowest BCUT2D eigenvalue weighted by molar-refractivity contribution is -0.139. The van der Waals surface area contributed by atoms with Crippen LogP contribution in [0.5, 0.6) is 0 Å². The van der Waals surface area contributed by atoms with Crippen molar-refractivity contribution in [1.29, 1.82) is 0 Å². The fourth-order valence-electron chi connectivity index (χ4n) is 2.88. The average Bonchev–Trinajstić information content (AvgIpc) is 2.96. The smallest absolute Gasteiger partial charge is 0.252 e. The number of carbonyl (C=O) groups excluding carboxylic acids is 1. The second-order valence-corrected chi connectivity index (χ2v) is 5.66. The molecule has 0 radical (unpaired) electrons. The third-order valence-electron chi connectivity index (χ3n) is 4.19. The Hall–Kier alpha value is -1.36. The molecule has 20 heavy (non-hydrogen) atoms. The summed E-state index contributed by atoms with van der Waals surface area (Å²) in [5.41, 5.74) is 2.95. The van der Waals surface area contributed by atoms with E-state index in [4.69, 9.17) is 4.74 Å². The third kappa shape index (κ3) is 2.87. The average molecular weight is 279 g/mol. The zero-order chi connectivity index (χ0) is 14.8. The van der Waals surface area contributed by atoms with E-state index in [1.165, 1.54) is 11.3 Å². The van der Waals surface area contributed by atoms with Gasteiger partial charge in [-0.1, -0.05) is 6.92 Å². The Bertz CT molecular complexity index is 488. The fraction of sp³-hybridized carbons (Fsp3) is 0.733. The van der Waals surface area contributed by atoms with Gasteiger partial charge in [0.1, 0.15) is 5.60 Å². The predicted octanol–water partition coefficient (Wildman–Crippen LogP) is 1.75. The molecule has 2 rings (SSSR count). The first kappa shape index (κ1) is 15.0. The fourth-order valence-corrected chi connectivity index (χ4v) is 2.88. The number of carbonyl (C=O) groups is 1. The van der Waals surface area contributed by atoms with Gasteiger partial charge in [0.2, 0.25) is 0 Å². The largest absolute Gasteiger partial charge is 0.365 e. The van der Waals surface area contributed by atoms with Crippen LogP contribution in [-0.2, 0) is 22.5 Å². The molecule has 1 aromatic heterocycles. The van der Waals surface area contributed by atoms with Crippen molar-refractivity contribution in [3.05, 3.63) is 17.0 Å². The van der Waals surface area contributed by atoms with Crippen LogP contribution < -0.4 is 5.32 Å². The van der Waals surface area contributed by atoms with Crippen LogP contribution in [0.4, 0.5) is 0 Å². The number of hydrogen-bond donors (Lipinski definition) is 1. The summed E-state index contributed by atoms with van der Waals surface area (Å²) in [6.45, 7) is 10.1. The first-order valence-corrected chi connectivity index (χ1v) is 7.43. The maximum Gasteiger partial charge on any atom is 0.252 e. The van der Waals surface area contributed by atoms with Gasteiger partial charge < -0.3 is 10.1 Å². The summed E-state index contributed by atoms with van der Waals surface area (Å²) in [6, 6.07) is 0. The van der Waals surface area contributed by atoms with Gasteiger partial charge in [0, 0.05) is 18.8 Å². The third-order valence-corrected chi connectivity index (χ3v) is 4.19. The van der Waals surface area contributed by atoms with Gasteiger partial charge in [-0.2, -0.15) is 5.10 Å². The molecule has 0 saturated carbocycles. The molecule has 1 N–H and O–H groups in total. The molecule has 1 fully saturated rings. The molecular weight excluding hydrogens is 254 g/mol. The molecule has 1 aliphatic rings. The first-order valence-electron chi connectivity index (χ1n) is 7.43. The highest BCUT2D eigenvalue weighted by molar-refractivity contribution is 5.84. The lowest BCUT2D eigenvalue weighted by Gasteiger charge is -2.21. The number of nitrogens with zero attached hydrogens (tertiary/aromatic N) is 2. The van der Waals surface area contributed by atoms with Crippen molar-refractivity contribution in [2.45, 2.75) is 59.1 Å². The predicted molar refractivity (Wildman–Crippen MR) is 77.7 cm³/mol. The van der Waals surface area contributed by atoms with E-state index in [0.29, 0.717) is 19.7 Å². The summed E-state index contributed by atoms with van der Waals surface area (Å²) in [4.78, 5) is 12.1. The van der Waals surface area contributed by atoms with E-state index in [-0.39, 0.29) is 5.91 Å². The van der Waals surface area contributed by atoms with Gasteiger partial charge in [0.25, 0.3) is 5.91 Å². The monoisotopic (exact) mass is 279 g/mol. The topological polar surface area (TPSA) is 56.2 Å². The maximum atomic E-state index is 12.1. The molecule has 0 bridgehead atoms. The summed E-state index contributed by atoms with van der Waals surface area (Å²) in [6.07, 6.45) is 2.76. The molecule has 1 aromatic rings. The Morgan fingerprint density at radius 1 is 1.50 bits per heavy atom. The molecule has 1 atom stereocenters. The molecule has 0 aliphatic carbocycles.